The maximum atomic E-state index is 13.2. The Kier molecular flexibility index (Phi) is 30.0. The van der Waals surface area contributed by atoms with Gasteiger partial charge in [-0.15, -0.1) is 0 Å². The zero-order valence-corrected chi connectivity index (χ0v) is 27.7. The zero-order valence-electron chi connectivity index (χ0n) is 27.7. The molecule has 0 aliphatic carbocycles. The SMILES string of the molecule is CCCCCCCCCCCCOC(=O)C(C)(CCCCCCCCCC)CCCCCCCCCCCC. The van der Waals surface area contributed by atoms with Crippen LogP contribution in [-0.4, -0.2) is 12.6 Å². The highest BCUT2D eigenvalue weighted by molar-refractivity contribution is 5.76. The summed E-state index contributed by atoms with van der Waals surface area (Å²) in [6.07, 6.45) is 39.3. The van der Waals surface area contributed by atoms with Gasteiger partial charge in [0.15, 0.2) is 0 Å². The highest BCUT2D eigenvalue weighted by Gasteiger charge is 2.33. The summed E-state index contributed by atoms with van der Waals surface area (Å²) in [6, 6.07) is 0. The van der Waals surface area contributed by atoms with Gasteiger partial charge in [-0.25, -0.2) is 0 Å². The number of hydrogen-bond donors (Lipinski definition) is 0. The van der Waals surface area contributed by atoms with Crippen molar-refractivity contribution in [3.63, 3.8) is 0 Å². The summed E-state index contributed by atoms with van der Waals surface area (Å²) >= 11 is 0. The Morgan fingerprint density at radius 2 is 0.667 bits per heavy atom. The van der Waals surface area contributed by atoms with Crippen molar-refractivity contribution in [2.45, 2.75) is 220 Å². The zero-order chi connectivity index (χ0) is 28.7. The van der Waals surface area contributed by atoms with Crippen LogP contribution < -0.4 is 0 Å². The third kappa shape index (κ3) is 26.1. The molecule has 1 unspecified atom stereocenters. The Hall–Kier alpha value is -0.530. The van der Waals surface area contributed by atoms with Crippen LogP contribution in [0.3, 0.4) is 0 Å². The molecule has 1 atom stereocenters. The number of hydrogen-bond acceptors (Lipinski definition) is 2. The molecule has 0 aromatic heterocycles. The molecule has 0 rings (SSSR count). The van der Waals surface area contributed by atoms with Crippen LogP contribution in [0.1, 0.15) is 220 Å². The van der Waals surface area contributed by atoms with Crippen LogP contribution in [0.25, 0.3) is 0 Å². The summed E-state index contributed by atoms with van der Waals surface area (Å²) in [6.45, 7) is 9.69. The molecule has 0 amide bonds. The van der Waals surface area contributed by atoms with E-state index < -0.39 is 0 Å². The minimum Gasteiger partial charge on any atom is -0.465 e. The molecule has 0 saturated heterocycles. The van der Waals surface area contributed by atoms with Gasteiger partial charge in [0.2, 0.25) is 0 Å². The monoisotopic (exact) mass is 551 g/mol. The Balaban J connectivity index is 4.21. The molecule has 0 aromatic carbocycles. The van der Waals surface area contributed by atoms with Gasteiger partial charge in [0.1, 0.15) is 0 Å². The largest absolute Gasteiger partial charge is 0.465 e. The van der Waals surface area contributed by atoms with E-state index in [0.717, 1.165) is 19.3 Å². The van der Waals surface area contributed by atoms with Crippen LogP contribution in [0.2, 0.25) is 0 Å². The lowest BCUT2D eigenvalue weighted by atomic mass is 9.79. The normalized spacial score (nSPS) is 13.0. The maximum Gasteiger partial charge on any atom is 0.311 e. The van der Waals surface area contributed by atoms with Gasteiger partial charge in [-0.05, 0) is 26.2 Å². The van der Waals surface area contributed by atoms with E-state index in [1.54, 1.807) is 0 Å². The van der Waals surface area contributed by atoms with Crippen LogP contribution in [0.5, 0.6) is 0 Å². The fraction of sp³-hybridized carbons (Fsp3) is 0.973. The van der Waals surface area contributed by atoms with Gasteiger partial charge in [0.25, 0.3) is 0 Å². The molecule has 0 aliphatic rings. The summed E-state index contributed by atoms with van der Waals surface area (Å²) in [4.78, 5) is 13.2. The lowest BCUT2D eigenvalue weighted by Crippen LogP contribution is -2.30. The molecule has 0 saturated carbocycles. The molecule has 0 radical (unpaired) electrons. The first-order valence-corrected chi connectivity index (χ1v) is 18.3. The fourth-order valence-electron chi connectivity index (χ4n) is 5.91. The molecule has 0 spiro atoms. The number of carbonyl (C=O) groups excluding carboxylic acids is 1. The first-order valence-electron chi connectivity index (χ1n) is 18.3. The highest BCUT2D eigenvalue weighted by atomic mass is 16.5. The van der Waals surface area contributed by atoms with Crippen molar-refractivity contribution >= 4 is 5.97 Å². The molecule has 0 N–H and O–H groups in total. The second-order valence-electron chi connectivity index (χ2n) is 13.0. The van der Waals surface area contributed by atoms with E-state index >= 15 is 0 Å². The number of carbonyl (C=O) groups is 1. The third-order valence-electron chi connectivity index (χ3n) is 8.89. The standard InChI is InChI=1S/C37H74O2/c1-5-8-11-14-17-20-22-25-28-31-34-37(4,33-30-27-24-19-16-13-10-7-3)36(38)39-35-32-29-26-23-21-18-15-12-9-6-2/h5-35H2,1-4H3. The van der Waals surface area contributed by atoms with E-state index in [0.29, 0.717) is 6.61 Å². The Morgan fingerprint density at radius 3 is 0.974 bits per heavy atom. The first-order chi connectivity index (χ1) is 19.1. The van der Waals surface area contributed by atoms with E-state index in [-0.39, 0.29) is 11.4 Å². The van der Waals surface area contributed by atoms with Crippen molar-refractivity contribution in [1.29, 1.82) is 0 Å². The molecule has 0 fully saturated rings. The third-order valence-corrected chi connectivity index (χ3v) is 8.89. The Morgan fingerprint density at radius 1 is 0.410 bits per heavy atom. The van der Waals surface area contributed by atoms with Crippen molar-refractivity contribution in [2.75, 3.05) is 6.61 Å². The van der Waals surface area contributed by atoms with Gasteiger partial charge in [-0.2, -0.15) is 0 Å². The van der Waals surface area contributed by atoms with Crippen molar-refractivity contribution in [2.24, 2.45) is 5.41 Å². The lowest BCUT2D eigenvalue weighted by Gasteiger charge is -2.27. The summed E-state index contributed by atoms with van der Waals surface area (Å²) in [5.41, 5.74) is -0.277. The molecular weight excluding hydrogens is 476 g/mol. The molecule has 0 heterocycles. The lowest BCUT2D eigenvalue weighted by molar-refractivity contribution is -0.156. The van der Waals surface area contributed by atoms with Crippen LogP contribution in [0.4, 0.5) is 0 Å². The predicted molar refractivity (Wildman–Crippen MR) is 175 cm³/mol. The van der Waals surface area contributed by atoms with Crippen molar-refractivity contribution < 1.29 is 9.53 Å². The van der Waals surface area contributed by atoms with Crippen molar-refractivity contribution in [1.82, 2.24) is 0 Å². The minimum absolute atomic E-state index is 0.0947. The number of rotatable bonds is 32. The van der Waals surface area contributed by atoms with E-state index in [1.165, 1.54) is 173 Å². The van der Waals surface area contributed by atoms with Crippen molar-refractivity contribution in [3.05, 3.63) is 0 Å². The Labute approximate surface area is 247 Å². The summed E-state index contributed by atoms with van der Waals surface area (Å²) < 4.78 is 5.91. The fourth-order valence-corrected chi connectivity index (χ4v) is 5.91. The number of unbranched alkanes of at least 4 members (excludes halogenated alkanes) is 25. The van der Waals surface area contributed by atoms with E-state index in [2.05, 4.69) is 27.7 Å². The summed E-state index contributed by atoms with van der Waals surface area (Å²) in [5.74, 6) is 0.0947. The summed E-state index contributed by atoms with van der Waals surface area (Å²) in [7, 11) is 0. The summed E-state index contributed by atoms with van der Waals surface area (Å²) in [5, 5.41) is 0. The van der Waals surface area contributed by atoms with Crippen LogP contribution >= 0.6 is 0 Å². The maximum absolute atomic E-state index is 13.2. The van der Waals surface area contributed by atoms with Gasteiger partial charge < -0.3 is 4.74 Å². The minimum atomic E-state index is -0.277. The molecule has 0 bridgehead atoms. The van der Waals surface area contributed by atoms with Gasteiger partial charge >= 0.3 is 5.97 Å². The topological polar surface area (TPSA) is 26.3 Å². The quantitative estimate of drug-likeness (QED) is 0.0615. The van der Waals surface area contributed by atoms with Crippen molar-refractivity contribution in [3.8, 4) is 0 Å². The smallest absolute Gasteiger partial charge is 0.311 e. The van der Waals surface area contributed by atoms with E-state index in [4.69, 9.17) is 4.74 Å². The molecule has 2 nitrogen and oxygen atoms in total. The average molecular weight is 551 g/mol. The van der Waals surface area contributed by atoms with Gasteiger partial charge in [-0.1, -0.05) is 194 Å². The number of esters is 1. The molecule has 234 valence electrons. The van der Waals surface area contributed by atoms with E-state index in [9.17, 15) is 4.79 Å². The molecule has 0 aromatic rings. The predicted octanol–water partition coefficient (Wildman–Crippen LogP) is 13.3. The second-order valence-corrected chi connectivity index (χ2v) is 13.0. The van der Waals surface area contributed by atoms with Crippen LogP contribution in [0, 0.1) is 5.41 Å². The van der Waals surface area contributed by atoms with Crippen LogP contribution in [0.15, 0.2) is 0 Å². The van der Waals surface area contributed by atoms with E-state index in [1.807, 2.05) is 0 Å². The number of ether oxygens (including phenoxy) is 1. The van der Waals surface area contributed by atoms with Gasteiger partial charge in [0, 0.05) is 0 Å². The first kappa shape index (κ1) is 38.5. The van der Waals surface area contributed by atoms with Gasteiger partial charge in [-0.3, -0.25) is 4.79 Å². The molecular formula is C37H74O2. The highest BCUT2D eigenvalue weighted by Crippen LogP contribution is 2.33. The second kappa shape index (κ2) is 30.4. The Bertz CT molecular complexity index is 488. The molecule has 2 heteroatoms. The van der Waals surface area contributed by atoms with Crippen LogP contribution in [-0.2, 0) is 9.53 Å². The molecule has 39 heavy (non-hydrogen) atoms. The molecule has 0 aliphatic heterocycles. The average Bonchev–Trinajstić information content (AvgIpc) is 2.94. The van der Waals surface area contributed by atoms with Gasteiger partial charge in [0.05, 0.1) is 12.0 Å².